The molecular weight excluding hydrogens is 212 g/mol. The van der Waals surface area contributed by atoms with Crippen molar-refractivity contribution < 1.29 is 23.7 Å². The lowest BCUT2D eigenvalue weighted by Gasteiger charge is -2.22. The van der Waals surface area contributed by atoms with E-state index in [2.05, 4.69) is 0 Å². The maximum absolute atomic E-state index is 5.73. The van der Waals surface area contributed by atoms with Crippen molar-refractivity contribution in [1.29, 1.82) is 0 Å². The molecule has 1 heterocycles. The molecule has 0 spiro atoms. The number of hydrogen-bond donors (Lipinski definition) is 0. The van der Waals surface area contributed by atoms with Crippen molar-refractivity contribution in [2.75, 3.05) is 41.2 Å². The van der Waals surface area contributed by atoms with Crippen LogP contribution in [-0.2, 0) is 23.7 Å². The maximum atomic E-state index is 5.73. The van der Waals surface area contributed by atoms with Crippen LogP contribution in [0.3, 0.4) is 0 Å². The first kappa shape index (κ1) is 13.9. The molecule has 1 rings (SSSR count). The summed E-state index contributed by atoms with van der Waals surface area (Å²) in [7, 11) is 4.97. The van der Waals surface area contributed by atoms with Gasteiger partial charge >= 0.3 is 0 Å². The van der Waals surface area contributed by atoms with Gasteiger partial charge in [0.25, 0.3) is 0 Å². The minimum Gasteiger partial charge on any atom is -0.382 e. The summed E-state index contributed by atoms with van der Waals surface area (Å²) < 4.78 is 26.9. The molecule has 1 saturated heterocycles. The van der Waals surface area contributed by atoms with E-state index in [1.54, 1.807) is 21.3 Å². The highest BCUT2D eigenvalue weighted by molar-refractivity contribution is 4.90. The lowest BCUT2D eigenvalue weighted by molar-refractivity contribution is -0.0644. The van der Waals surface area contributed by atoms with Gasteiger partial charge in [-0.05, 0) is 6.92 Å². The molecule has 0 aromatic carbocycles. The van der Waals surface area contributed by atoms with E-state index in [1.807, 2.05) is 6.92 Å². The molecule has 0 aliphatic carbocycles. The second kappa shape index (κ2) is 7.19. The first-order valence-corrected chi connectivity index (χ1v) is 5.52. The molecule has 96 valence electrons. The monoisotopic (exact) mass is 234 g/mol. The standard InChI is InChI=1S/C11H22O5/c1-8-10(15-6-5-12-2)11(14-4)9(16-8)7-13-3/h8-11H,5-7H2,1-4H3/t8-,9?,10-,11+/m0/s1. The van der Waals surface area contributed by atoms with Gasteiger partial charge in [-0.2, -0.15) is 0 Å². The van der Waals surface area contributed by atoms with Gasteiger partial charge in [0.1, 0.15) is 18.3 Å². The Bertz CT molecular complexity index is 187. The van der Waals surface area contributed by atoms with E-state index in [0.29, 0.717) is 19.8 Å². The zero-order valence-electron chi connectivity index (χ0n) is 10.5. The van der Waals surface area contributed by atoms with Crippen LogP contribution in [0.1, 0.15) is 6.92 Å². The Morgan fingerprint density at radius 2 is 1.75 bits per heavy atom. The molecule has 0 N–H and O–H groups in total. The minimum atomic E-state index is -0.0770. The minimum absolute atomic E-state index is 0.0157. The second-order valence-corrected chi connectivity index (χ2v) is 3.86. The van der Waals surface area contributed by atoms with Crippen molar-refractivity contribution in [2.45, 2.75) is 31.3 Å². The van der Waals surface area contributed by atoms with Crippen molar-refractivity contribution in [3.8, 4) is 0 Å². The Morgan fingerprint density at radius 3 is 2.31 bits per heavy atom. The average Bonchev–Trinajstić information content (AvgIpc) is 2.56. The molecule has 0 bridgehead atoms. The predicted octanol–water partition coefficient (Wildman–Crippen LogP) is 0.467. The molecule has 1 fully saturated rings. The van der Waals surface area contributed by atoms with Gasteiger partial charge in [-0.3, -0.25) is 0 Å². The van der Waals surface area contributed by atoms with Crippen LogP contribution in [0.2, 0.25) is 0 Å². The van der Waals surface area contributed by atoms with Crippen LogP contribution in [0, 0.1) is 0 Å². The van der Waals surface area contributed by atoms with Gasteiger partial charge in [0.05, 0.1) is 25.9 Å². The van der Waals surface area contributed by atoms with Gasteiger partial charge in [0.2, 0.25) is 0 Å². The maximum Gasteiger partial charge on any atom is 0.114 e. The third kappa shape index (κ3) is 3.40. The lowest BCUT2D eigenvalue weighted by Crippen LogP contribution is -2.38. The highest BCUT2D eigenvalue weighted by Crippen LogP contribution is 2.26. The van der Waals surface area contributed by atoms with Gasteiger partial charge in [-0.15, -0.1) is 0 Å². The Morgan fingerprint density at radius 1 is 1.00 bits per heavy atom. The van der Waals surface area contributed by atoms with Crippen molar-refractivity contribution >= 4 is 0 Å². The summed E-state index contributed by atoms with van der Waals surface area (Å²) >= 11 is 0. The van der Waals surface area contributed by atoms with Crippen molar-refractivity contribution in [3.05, 3.63) is 0 Å². The fourth-order valence-electron chi connectivity index (χ4n) is 1.99. The van der Waals surface area contributed by atoms with E-state index in [4.69, 9.17) is 23.7 Å². The second-order valence-electron chi connectivity index (χ2n) is 3.86. The van der Waals surface area contributed by atoms with Crippen molar-refractivity contribution in [1.82, 2.24) is 0 Å². The van der Waals surface area contributed by atoms with E-state index >= 15 is 0 Å². The van der Waals surface area contributed by atoms with E-state index < -0.39 is 0 Å². The molecule has 5 heteroatoms. The third-order valence-electron chi connectivity index (χ3n) is 2.74. The highest BCUT2D eigenvalue weighted by Gasteiger charge is 2.43. The van der Waals surface area contributed by atoms with Crippen LogP contribution >= 0.6 is 0 Å². The molecular formula is C11H22O5. The molecule has 0 amide bonds. The Kier molecular flexibility index (Phi) is 6.23. The number of rotatable bonds is 7. The quantitative estimate of drug-likeness (QED) is 0.599. The first-order valence-electron chi connectivity index (χ1n) is 5.52. The first-order chi connectivity index (χ1) is 7.74. The summed E-state index contributed by atoms with van der Waals surface area (Å²) in [6.07, 6.45) is -0.174. The lowest BCUT2D eigenvalue weighted by atomic mass is 10.1. The van der Waals surface area contributed by atoms with Gasteiger partial charge < -0.3 is 23.7 Å². The van der Waals surface area contributed by atoms with E-state index in [9.17, 15) is 0 Å². The van der Waals surface area contributed by atoms with Gasteiger partial charge in [-0.25, -0.2) is 0 Å². The fraction of sp³-hybridized carbons (Fsp3) is 1.00. The van der Waals surface area contributed by atoms with Crippen LogP contribution in [0.4, 0.5) is 0 Å². The molecule has 0 aromatic heterocycles. The SMILES string of the molecule is COCCO[C@H]1[C@H](C)OC(COC)[C@H]1OC. The van der Waals surface area contributed by atoms with E-state index in [0.717, 1.165) is 0 Å². The van der Waals surface area contributed by atoms with E-state index in [1.165, 1.54) is 0 Å². The Labute approximate surface area is 97.0 Å². The van der Waals surface area contributed by atoms with E-state index in [-0.39, 0.29) is 24.4 Å². The Balaban J connectivity index is 2.46. The topological polar surface area (TPSA) is 46.2 Å². The molecule has 0 radical (unpaired) electrons. The largest absolute Gasteiger partial charge is 0.382 e. The third-order valence-corrected chi connectivity index (χ3v) is 2.74. The molecule has 1 unspecified atom stereocenters. The fourth-order valence-corrected chi connectivity index (χ4v) is 1.99. The van der Waals surface area contributed by atoms with Gasteiger partial charge in [0, 0.05) is 21.3 Å². The average molecular weight is 234 g/mol. The molecule has 5 nitrogen and oxygen atoms in total. The molecule has 16 heavy (non-hydrogen) atoms. The summed E-state index contributed by atoms with van der Waals surface area (Å²) in [5.74, 6) is 0. The molecule has 4 atom stereocenters. The van der Waals surface area contributed by atoms with Crippen LogP contribution in [0.5, 0.6) is 0 Å². The highest BCUT2D eigenvalue weighted by atomic mass is 16.6. The van der Waals surface area contributed by atoms with Gasteiger partial charge in [-0.1, -0.05) is 0 Å². The predicted molar refractivity (Wildman–Crippen MR) is 58.6 cm³/mol. The summed E-state index contributed by atoms with van der Waals surface area (Å²) in [6.45, 7) is 3.63. The van der Waals surface area contributed by atoms with Crippen LogP contribution in [-0.4, -0.2) is 65.6 Å². The zero-order chi connectivity index (χ0) is 12.0. The summed E-state index contributed by atoms with van der Waals surface area (Å²) in [5, 5.41) is 0. The van der Waals surface area contributed by atoms with Crippen LogP contribution in [0.25, 0.3) is 0 Å². The number of hydrogen-bond acceptors (Lipinski definition) is 5. The van der Waals surface area contributed by atoms with Crippen LogP contribution in [0.15, 0.2) is 0 Å². The van der Waals surface area contributed by atoms with Gasteiger partial charge in [0.15, 0.2) is 0 Å². The molecule has 1 aliphatic heterocycles. The smallest absolute Gasteiger partial charge is 0.114 e. The summed E-state index contributed by atoms with van der Waals surface area (Å²) in [6, 6.07) is 0. The molecule has 1 aliphatic rings. The number of methoxy groups -OCH3 is 3. The molecule has 0 saturated carbocycles. The van der Waals surface area contributed by atoms with Crippen molar-refractivity contribution in [2.24, 2.45) is 0 Å². The summed E-state index contributed by atoms with van der Waals surface area (Å²) in [4.78, 5) is 0. The van der Waals surface area contributed by atoms with Crippen molar-refractivity contribution in [3.63, 3.8) is 0 Å². The Hall–Kier alpha value is -0.200. The van der Waals surface area contributed by atoms with Crippen LogP contribution < -0.4 is 0 Å². The number of ether oxygens (including phenoxy) is 5. The molecule has 0 aromatic rings. The summed E-state index contributed by atoms with van der Waals surface area (Å²) in [5.41, 5.74) is 0. The zero-order valence-corrected chi connectivity index (χ0v) is 10.5. The normalized spacial score (nSPS) is 34.5.